The van der Waals surface area contributed by atoms with Gasteiger partial charge in [0.25, 0.3) is 0 Å². The Morgan fingerprint density at radius 1 is 1.39 bits per heavy atom. The molecule has 18 heavy (non-hydrogen) atoms. The first-order valence-corrected chi connectivity index (χ1v) is 6.46. The highest BCUT2D eigenvalue weighted by molar-refractivity contribution is 6.00. The van der Waals surface area contributed by atoms with Crippen LogP contribution in [0.4, 0.5) is 5.69 Å². The molecular formula is C15H22N2O. The minimum atomic E-state index is 0.191. The molecule has 1 heterocycles. The Hall–Kier alpha value is -1.35. The highest BCUT2D eigenvalue weighted by Crippen LogP contribution is 2.30. The summed E-state index contributed by atoms with van der Waals surface area (Å²) in [6.45, 7) is 5.50. The van der Waals surface area contributed by atoms with Crippen LogP contribution in [0, 0.1) is 5.41 Å². The van der Waals surface area contributed by atoms with Crippen LogP contribution in [-0.4, -0.2) is 26.5 Å². The fraction of sp³-hybridized carbons (Fsp3) is 0.533. The Bertz CT molecular complexity index is 466. The molecule has 0 saturated heterocycles. The number of carbonyl (C=O) groups excluding carboxylic acids is 1. The standard InChI is InChI=1S/C15H22N2O/c1-15(2,10-16-3)9-11-5-6-13-12(7-11)8-14(18)17(13)4/h5-7,16H,8-10H2,1-4H3. The summed E-state index contributed by atoms with van der Waals surface area (Å²) in [6, 6.07) is 6.41. The van der Waals surface area contributed by atoms with Crippen LogP contribution in [0.25, 0.3) is 0 Å². The van der Waals surface area contributed by atoms with Crippen LogP contribution in [0.2, 0.25) is 0 Å². The smallest absolute Gasteiger partial charge is 0.231 e. The Labute approximate surface area is 109 Å². The first kappa shape index (κ1) is 13.1. The van der Waals surface area contributed by atoms with Crippen molar-refractivity contribution in [3.63, 3.8) is 0 Å². The maximum Gasteiger partial charge on any atom is 0.231 e. The van der Waals surface area contributed by atoms with Gasteiger partial charge in [0.05, 0.1) is 6.42 Å². The summed E-state index contributed by atoms with van der Waals surface area (Å²) in [5, 5.41) is 3.23. The maximum atomic E-state index is 11.6. The van der Waals surface area contributed by atoms with Gasteiger partial charge in [-0.2, -0.15) is 0 Å². The molecule has 0 radical (unpaired) electrons. The summed E-state index contributed by atoms with van der Waals surface area (Å²) in [5.41, 5.74) is 3.78. The molecule has 1 aliphatic heterocycles. The molecule has 0 aliphatic carbocycles. The van der Waals surface area contributed by atoms with Crippen molar-refractivity contribution in [2.75, 3.05) is 25.5 Å². The van der Waals surface area contributed by atoms with Crippen LogP contribution in [0.15, 0.2) is 18.2 Å². The van der Waals surface area contributed by atoms with Gasteiger partial charge < -0.3 is 10.2 Å². The number of nitrogens with zero attached hydrogens (tertiary/aromatic N) is 1. The molecule has 0 bridgehead atoms. The monoisotopic (exact) mass is 246 g/mol. The second-order valence-corrected chi connectivity index (χ2v) is 5.96. The number of hydrogen-bond donors (Lipinski definition) is 1. The van der Waals surface area contributed by atoms with Crippen LogP contribution in [0.3, 0.4) is 0 Å². The third-order valence-corrected chi connectivity index (χ3v) is 3.56. The van der Waals surface area contributed by atoms with Crippen molar-refractivity contribution >= 4 is 11.6 Å². The molecule has 1 aromatic carbocycles. The van der Waals surface area contributed by atoms with Gasteiger partial charge in [-0.05, 0) is 36.1 Å². The van der Waals surface area contributed by atoms with Crippen molar-refractivity contribution in [2.45, 2.75) is 26.7 Å². The van der Waals surface area contributed by atoms with E-state index in [1.807, 2.05) is 14.1 Å². The molecule has 2 rings (SSSR count). The molecule has 3 nitrogen and oxygen atoms in total. The van der Waals surface area contributed by atoms with Crippen molar-refractivity contribution in [2.24, 2.45) is 5.41 Å². The van der Waals surface area contributed by atoms with Crippen LogP contribution < -0.4 is 10.2 Å². The van der Waals surface area contributed by atoms with Gasteiger partial charge in [0, 0.05) is 19.3 Å². The first-order chi connectivity index (χ1) is 8.43. The molecular weight excluding hydrogens is 224 g/mol. The van der Waals surface area contributed by atoms with E-state index in [9.17, 15) is 4.79 Å². The van der Waals surface area contributed by atoms with Gasteiger partial charge in [-0.3, -0.25) is 4.79 Å². The molecule has 1 aliphatic rings. The molecule has 98 valence electrons. The minimum Gasteiger partial charge on any atom is -0.319 e. The molecule has 1 aromatic rings. The summed E-state index contributed by atoms with van der Waals surface area (Å²) in [7, 11) is 3.83. The number of nitrogens with one attached hydrogen (secondary N) is 1. The number of hydrogen-bond acceptors (Lipinski definition) is 2. The average molecular weight is 246 g/mol. The number of likely N-dealkylation sites (N-methyl/N-ethyl adjacent to an activating group) is 1. The molecule has 3 heteroatoms. The fourth-order valence-electron chi connectivity index (χ4n) is 2.73. The predicted molar refractivity (Wildman–Crippen MR) is 75.0 cm³/mol. The van der Waals surface area contributed by atoms with Gasteiger partial charge in [0.1, 0.15) is 0 Å². The van der Waals surface area contributed by atoms with Crippen LogP contribution in [-0.2, 0) is 17.6 Å². The zero-order valence-electron chi connectivity index (χ0n) is 11.7. The van der Waals surface area contributed by atoms with E-state index in [0.717, 1.165) is 18.7 Å². The van der Waals surface area contributed by atoms with Crippen LogP contribution in [0.1, 0.15) is 25.0 Å². The molecule has 0 fully saturated rings. The van der Waals surface area contributed by atoms with Gasteiger partial charge in [-0.1, -0.05) is 26.0 Å². The van der Waals surface area contributed by atoms with Crippen LogP contribution >= 0.6 is 0 Å². The Kier molecular flexibility index (Phi) is 3.44. The van der Waals surface area contributed by atoms with Crippen molar-refractivity contribution < 1.29 is 4.79 Å². The number of carbonyl (C=O) groups is 1. The van der Waals surface area contributed by atoms with E-state index >= 15 is 0 Å². The molecule has 0 unspecified atom stereocenters. The fourth-order valence-corrected chi connectivity index (χ4v) is 2.73. The highest BCUT2D eigenvalue weighted by atomic mass is 16.2. The molecule has 1 N–H and O–H groups in total. The second kappa shape index (κ2) is 4.73. The van der Waals surface area contributed by atoms with Gasteiger partial charge in [-0.25, -0.2) is 0 Å². The quantitative estimate of drug-likeness (QED) is 0.881. The lowest BCUT2D eigenvalue weighted by molar-refractivity contribution is -0.117. The van der Waals surface area contributed by atoms with Crippen molar-refractivity contribution in [1.82, 2.24) is 5.32 Å². The molecule has 0 saturated carbocycles. The largest absolute Gasteiger partial charge is 0.319 e. The highest BCUT2D eigenvalue weighted by Gasteiger charge is 2.25. The number of benzene rings is 1. The Morgan fingerprint density at radius 3 is 2.78 bits per heavy atom. The van der Waals surface area contributed by atoms with Crippen molar-refractivity contribution in [3.8, 4) is 0 Å². The lowest BCUT2D eigenvalue weighted by Gasteiger charge is -2.24. The third-order valence-electron chi connectivity index (χ3n) is 3.56. The number of amides is 1. The Morgan fingerprint density at radius 2 is 2.11 bits per heavy atom. The molecule has 1 amide bonds. The van der Waals surface area contributed by atoms with Crippen molar-refractivity contribution in [3.05, 3.63) is 29.3 Å². The van der Waals surface area contributed by atoms with E-state index in [1.54, 1.807) is 4.90 Å². The lowest BCUT2D eigenvalue weighted by Crippen LogP contribution is -2.28. The molecule has 0 aromatic heterocycles. The summed E-state index contributed by atoms with van der Waals surface area (Å²) in [4.78, 5) is 13.4. The van der Waals surface area contributed by atoms with Gasteiger partial charge in [-0.15, -0.1) is 0 Å². The second-order valence-electron chi connectivity index (χ2n) is 5.96. The topological polar surface area (TPSA) is 32.3 Å². The lowest BCUT2D eigenvalue weighted by atomic mass is 9.85. The summed E-state index contributed by atoms with van der Waals surface area (Å²) in [6.07, 6.45) is 1.57. The number of rotatable bonds is 4. The molecule has 0 atom stereocenters. The number of fused-ring (bicyclic) bond motifs is 1. The zero-order valence-corrected chi connectivity index (χ0v) is 11.7. The SMILES string of the molecule is CNCC(C)(C)Cc1ccc2c(c1)CC(=O)N2C. The van der Waals surface area contributed by atoms with Gasteiger partial charge >= 0.3 is 0 Å². The normalized spacial score (nSPS) is 15.1. The van der Waals surface area contributed by atoms with E-state index in [-0.39, 0.29) is 11.3 Å². The van der Waals surface area contributed by atoms with E-state index in [0.29, 0.717) is 6.42 Å². The summed E-state index contributed by atoms with van der Waals surface area (Å²) >= 11 is 0. The Balaban J connectivity index is 2.19. The average Bonchev–Trinajstić information content (AvgIpc) is 2.53. The zero-order chi connectivity index (χ0) is 13.3. The van der Waals surface area contributed by atoms with E-state index < -0.39 is 0 Å². The van der Waals surface area contributed by atoms with E-state index in [2.05, 4.69) is 37.4 Å². The predicted octanol–water partition coefficient (Wildman–Crippen LogP) is 1.99. The minimum absolute atomic E-state index is 0.191. The van der Waals surface area contributed by atoms with E-state index in [4.69, 9.17) is 0 Å². The summed E-state index contributed by atoms with van der Waals surface area (Å²) in [5.74, 6) is 0.191. The maximum absolute atomic E-state index is 11.6. The molecule has 0 spiro atoms. The third kappa shape index (κ3) is 2.56. The van der Waals surface area contributed by atoms with Gasteiger partial charge in [0.2, 0.25) is 5.91 Å². The van der Waals surface area contributed by atoms with Gasteiger partial charge in [0.15, 0.2) is 0 Å². The summed E-state index contributed by atoms with van der Waals surface area (Å²) < 4.78 is 0. The van der Waals surface area contributed by atoms with E-state index in [1.165, 1.54) is 11.1 Å². The van der Waals surface area contributed by atoms with Crippen LogP contribution in [0.5, 0.6) is 0 Å². The van der Waals surface area contributed by atoms with Crippen molar-refractivity contribution in [1.29, 1.82) is 0 Å². The first-order valence-electron chi connectivity index (χ1n) is 6.46. The number of anilines is 1.